The second-order valence-electron chi connectivity index (χ2n) is 4.69. The average molecular weight is 276 g/mol. The highest BCUT2D eigenvalue weighted by Crippen LogP contribution is 2.19. The highest BCUT2D eigenvalue weighted by molar-refractivity contribution is 7.85. The average Bonchev–Trinajstić information content (AvgIpc) is 2.96. The van der Waals surface area contributed by atoms with Crippen LogP contribution in [0.3, 0.4) is 0 Å². The number of hydrogen-bond donors (Lipinski definition) is 1. The molecule has 1 N–H and O–H groups in total. The first-order valence-corrected chi connectivity index (χ1v) is 7.86. The predicted octanol–water partition coefficient (Wildman–Crippen LogP) is 1.59. The molecule has 0 unspecified atom stereocenters. The van der Waals surface area contributed by atoms with Crippen molar-refractivity contribution in [3.8, 4) is 5.69 Å². The minimum absolute atomic E-state index is 0.425. The minimum atomic E-state index is -0.608. The summed E-state index contributed by atoms with van der Waals surface area (Å²) in [7, 11) is -0.608. The van der Waals surface area contributed by atoms with Crippen LogP contribution in [0.1, 0.15) is 12.8 Å². The fourth-order valence-corrected chi connectivity index (χ4v) is 3.56. The highest BCUT2D eigenvalue weighted by atomic mass is 32.2. The van der Waals surface area contributed by atoms with E-state index >= 15 is 0 Å². The van der Waals surface area contributed by atoms with E-state index < -0.39 is 10.8 Å². The van der Waals surface area contributed by atoms with Crippen LogP contribution in [-0.4, -0.2) is 36.5 Å². The molecule has 19 heavy (non-hydrogen) atoms. The zero-order valence-electron chi connectivity index (χ0n) is 10.5. The van der Waals surface area contributed by atoms with Gasteiger partial charge in [0, 0.05) is 34.0 Å². The standard InChI is InChI=1S/C13H16N4OS/c18-19-6-4-11(5-7-19)16-12-2-1-3-13(8-12)17-9-14-15-10-17/h1-3,8-11,16H,4-7H2. The summed E-state index contributed by atoms with van der Waals surface area (Å²) >= 11 is 0. The van der Waals surface area contributed by atoms with Crippen LogP contribution in [0, 0.1) is 0 Å². The summed E-state index contributed by atoms with van der Waals surface area (Å²) in [5.41, 5.74) is 2.12. The summed E-state index contributed by atoms with van der Waals surface area (Å²) in [5, 5.41) is 11.1. The molecule has 2 heterocycles. The maximum absolute atomic E-state index is 11.3. The van der Waals surface area contributed by atoms with Gasteiger partial charge < -0.3 is 5.32 Å². The van der Waals surface area contributed by atoms with E-state index in [4.69, 9.17) is 0 Å². The van der Waals surface area contributed by atoms with Gasteiger partial charge in [-0.2, -0.15) is 0 Å². The lowest BCUT2D eigenvalue weighted by molar-refractivity contribution is 0.624. The maximum atomic E-state index is 11.3. The van der Waals surface area contributed by atoms with E-state index in [9.17, 15) is 4.21 Å². The third kappa shape index (κ3) is 3.01. The molecule has 0 atom stereocenters. The van der Waals surface area contributed by atoms with Gasteiger partial charge in [0.1, 0.15) is 12.7 Å². The Morgan fingerprint density at radius 1 is 1.21 bits per heavy atom. The molecule has 1 aliphatic heterocycles. The van der Waals surface area contributed by atoms with Crippen LogP contribution >= 0.6 is 0 Å². The quantitative estimate of drug-likeness (QED) is 0.925. The van der Waals surface area contributed by atoms with Crippen LogP contribution in [0.5, 0.6) is 0 Å². The molecule has 1 aromatic carbocycles. The first kappa shape index (κ1) is 12.3. The number of aromatic nitrogens is 3. The molecule has 1 fully saturated rings. The van der Waals surface area contributed by atoms with Gasteiger partial charge in [0.15, 0.2) is 0 Å². The van der Waals surface area contributed by atoms with Crippen molar-refractivity contribution in [2.75, 3.05) is 16.8 Å². The van der Waals surface area contributed by atoms with E-state index in [0.717, 1.165) is 35.7 Å². The van der Waals surface area contributed by atoms with Crippen LogP contribution < -0.4 is 5.32 Å². The van der Waals surface area contributed by atoms with E-state index in [2.05, 4.69) is 27.6 Å². The molecule has 1 saturated heterocycles. The van der Waals surface area contributed by atoms with Crippen molar-refractivity contribution in [1.29, 1.82) is 0 Å². The normalized spacial score (nSPS) is 23.2. The molecule has 6 heteroatoms. The molecule has 5 nitrogen and oxygen atoms in total. The third-order valence-electron chi connectivity index (χ3n) is 3.32. The number of nitrogens with zero attached hydrogens (tertiary/aromatic N) is 3. The monoisotopic (exact) mass is 276 g/mol. The summed E-state index contributed by atoms with van der Waals surface area (Å²) < 4.78 is 13.2. The number of anilines is 1. The first-order valence-electron chi connectivity index (χ1n) is 6.38. The molecule has 1 aliphatic rings. The predicted molar refractivity (Wildman–Crippen MR) is 75.9 cm³/mol. The summed E-state index contributed by atoms with van der Waals surface area (Å²) in [6.45, 7) is 0. The van der Waals surface area contributed by atoms with Crippen molar-refractivity contribution in [1.82, 2.24) is 14.8 Å². The van der Waals surface area contributed by atoms with E-state index in [1.54, 1.807) is 12.7 Å². The second kappa shape index (κ2) is 5.52. The van der Waals surface area contributed by atoms with Crippen molar-refractivity contribution in [2.45, 2.75) is 18.9 Å². The fraction of sp³-hybridized carbons (Fsp3) is 0.385. The Labute approximate surface area is 114 Å². The molecule has 0 saturated carbocycles. The number of benzene rings is 1. The van der Waals surface area contributed by atoms with Gasteiger partial charge in [-0.1, -0.05) is 6.07 Å². The smallest absolute Gasteiger partial charge is 0.123 e. The summed E-state index contributed by atoms with van der Waals surface area (Å²) in [5.74, 6) is 1.62. The molecular formula is C13H16N4OS. The van der Waals surface area contributed by atoms with Crippen LogP contribution in [0.15, 0.2) is 36.9 Å². The summed E-state index contributed by atoms with van der Waals surface area (Å²) in [6.07, 6.45) is 5.32. The van der Waals surface area contributed by atoms with Crippen molar-refractivity contribution in [3.63, 3.8) is 0 Å². The van der Waals surface area contributed by atoms with E-state index in [1.807, 2.05) is 16.7 Å². The van der Waals surface area contributed by atoms with Gasteiger partial charge in [0.25, 0.3) is 0 Å². The topological polar surface area (TPSA) is 59.8 Å². The lowest BCUT2D eigenvalue weighted by atomic mass is 10.1. The fourth-order valence-electron chi connectivity index (χ4n) is 2.26. The van der Waals surface area contributed by atoms with Gasteiger partial charge in [-0.3, -0.25) is 8.78 Å². The van der Waals surface area contributed by atoms with Crippen molar-refractivity contribution in [2.24, 2.45) is 0 Å². The molecule has 0 amide bonds. The highest BCUT2D eigenvalue weighted by Gasteiger charge is 2.17. The first-order chi connectivity index (χ1) is 9.31. The molecule has 0 bridgehead atoms. The van der Waals surface area contributed by atoms with Gasteiger partial charge in [-0.15, -0.1) is 10.2 Å². The Kier molecular flexibility index (Phi) is 3.59. The number of nitrogens with one attached hydrogen (secondary N) is 1. The zero-order chi connectivity index (χ0) is 13.1. The Hall–Kier alpha value is -1.69. The van der Waals surface area contributed by atoms with E-state index in [1.165, 1.54) is 0 Å². The number of rotatable bonds is 3. The van der Waals surface area contributed by atoms with Crippen molar-refractivity contribution < 1.29 is 4.21 Å². The molecule has 3 rings (SSSR count). The van der Waals surface area contributed by atoms with Crippen LogP contribution in [-0.2, 0) is 10.8 Å². The van der Waals surface area contributed by atoms with Crippen LogP contribution in [0.25, 0.3) is 5.69 Å². The zero-order valence-corrected chi connectivity index (χ0v) is 11.3. The van der Waals surface area contributed by atoms with Gasteiger partial charge in [-0.25, -0.2) is 0 Å². The van der Waals surface area contributed by atoms with Gasteiger partial charge in [0.05, 0.1) is 5.69 Å². The molecule has 100 valence electrons. The maximum Gasteiger partial charge on any atom is 0.123 e. The molecule has 2 aromatic rings. The van der Waals surface area contributed by atoms with E-state index in [0.29, 0.717) is 6.04 Å². The van der Waals surface area contributed by atoms with Gasteiger partial charge in [0.2, 0.25) is 0 Å². The van der Waals surface area contributed by atoms with Crippen molar-refractivity contribution in [3.05, 3.63) is 36.9 Å². The third-order valence-corrected chi connectivity index (χ3v) is 4.70. The lowest BCUT2D eigenvalue weighted by Gasteiger charge is -2.23. The van der Waals surface area contributed by atoms with Crippen LogP contribution in [0.2, 0.25) is 0 Å². The largest absolute Gasteiger partial charge is 0.382 e. The Morgan fingerprint density at radius 3 is 2.68 bits per heavy atom. The van der Waals surface area contributed by atoms with E-state index in [-0.39, 0.29) is 0 Å². The van der Waals surface area contributed by atoms with Gasteiger partial charge in [-0.05, 0) is 31.0 Å². The Bertz CT molecular complexity index is 560. The SMILES string of the molecule is O=S1CCC(Nc2cccc(-n3cnnc3)c2)CC1. The molecule has 0 spiro atoms. The molecule has 0 radical (unpaired) electrons. The molecule has 0 aliphatic carbocycles. The summed E-state index contributed by atoms with van der Waals surface area (Å²) in [6, 6.07) is 8.59. The summed E-state index contributed by atoms with van der Waals surface area (Å²) in [4.78, 5) is 0. The lowest BCUT2D eigenvalue weighted by Crippen LogP contribution is -2.29. The minimum Gasteiger partial charge on any atom is -0.382 e. The Balaban J connectivity index is 1.71. The van der Waals surface area contributed by atoms with Crippen LogP contribution in [0.4, 0.5) is 5.69 Å². The second-order valence-corrected chi connectivity index (χ2v) is 6.38. The Morgan fingerprint density at radius 2 is 1.95 bits per heavy atom. The van der Waals surface area contributed by atoms with Crippen molar-refractivity contribution >= 4 is 16.5 Å². The van der Waals surface area contributed by atoms with Gasteiger partial charge >= 0.3 is 0 Å². The number of hydrogen-bond acceptors (Lipinski definition) is 4. The molecule has 1 aromatic heterocycles. The molecular weight excluding hydrogens is 260 g/mol.